The minimum atomic E-state index is -0.610. The number of alkyl halides is 1. The minimum absolute atomic E-state index is 0.0596. The van der Waals surface area contributed by atoms with Gasteiger partial charge in [0.1, 0.15) is 0 Å². The number of carboxylic acid groups (broad SMARTS) is 1. The van der Waals surface area contributed by atoms with Gasteiger partial charge in [0.2, 0.25) is 0 Å². The molecule has 0 aromatic heterocycles. The van der Waals surface area contributed by atoms with Crippen LogP contribution >= 0.6 is 22.6 Å². The van der Waals surface area contributed by atoms with Gasteiger partial charge in [0.05, 0.1) is 5.92 Å². The molecule has 2 nitrogen and oxygen atoms in total. The zero-order valence-electron chi connectivity index (χ0n) is 5.72. The van der Waals surface area contributed by atoms with Crippen molar-refractivity contribution in [2.75, 3.05) is 0 Å². The van der Waals surface area contributed by atoms with Crippen molar-refractivity contribution in [1.29, 1.82) is 0 Å². The molecule has 1 fully saturated rings. The average molecular weight is 254 g/mol. The Bertz CT molecular complexity index is 136. The zero-order chi connectivity index (χ0) is 7.56. The van der Waals surface area contributed by atoms with E-state index < -0.39 is 5.97 Å². The molecule has 58 valence electrons. The number of carbonyl (C=O) groups is 1. The standard InChI is InChI=1S/C7H11IO2/c8-6-3-1-2-5(4-6)7(9)10/h5-6H,1-4H2,(H,9,10). The fourth-order valence-electron chi connectivity index (χ4n) is 1.35. The SMILES string of the molecule is O=C(O)C1CCCC(I)C1. The zero-order valence-corrected chi connectivity index (χ0v) is 7.87. The van der Waals surface area contributed by atoms with Gasteiger partial charge in [0, 0.05) is 3.92 Å². The van der Waals surface area contributed by atoms with Crippen LogP contribution in [0.4, 0.5) is 0 Å². The maximum Gasteiger partial charge on any atom is 0.306 e. The van der Waals surface area contributed by atoms with Crippen LogP contribution in [0.2, 0.25) is 0 Å². The molecule has 1 aliphatic rings. The largest absolute Gasteiger partial charge is 0.481 e. The maximum atomic E-state index is 10.5. The van der Waals surface area contributed by atoms with Crippen molar-refractivity contribution in [1.82, 2.24) is 0 Å². The molecular weight excluding hydrogens is 243 g/mol. The number of hydrogen-bond acceptors (Lipinski definition) is 1. The van der Waals surface area contributed by atoms with Gasteiger partial charge in [0.15, 0.2) is 0 Å². The van der Waals surface area contributed by atoms with Gasteiger partial charge in [-0.3, -0.25) is 4.79 Å². The van der Waals surface area contributed by atoms with E-state index in [4.69, 9.17) is 5.11 Å². The highest BCUT2D eigenvalue weighted by Crippen LogP contribution is 2.29. The molecule has 0 heterocycles. The Morgan fingerprint density at radius 1 is 1.50 bits per heavy atom. The quantitative estimate of drug-likeness (QED) is 0.574. The van der Waals surface area contributed by atoms with Gasteiger partial charge in [-0.15, -0.1) is 0 Å². The van der Waals surface area contributed by atoms with Crippen LogP contribution < -0.4 is 0 Å². The van der Waals surface area contributed by atoms with Crippen LogP contribution in [0, 0.1) is 5.92 Å². The first-order valence-corrected chi connectivity index (χ1v) is 4.81. The summed E-state index contributed by atoms with van der Waals surface area (Å²) in [5.41, 5.74) is 0. The topological polar surface area (TPSA) is 37.3 Å². The molecule has 1 aliphatic carbocycles. The molecule has 10 heavy (non-hydrogen) atoms. The summed E-state index contributed by atoms with van der Waals surface area (Å²) in [4.78, 5) is 10.5. The van der Waals surface area contributed by atoms with Crippen molar-refractivity contribution in [2.45, 2.75) is 29.6 Å². The third-order valence-electron chi connectivity index (χ3n) is 1.96. The molecule has 1 rings (SSSR count). The normalized spacial score (nSPS) is 33.7. The molecule has 1 N–H and O–H groups in total. The highest BCUT2D eigenvalue weighted by atomic mass is 127. The molecule has 0 saturated heterocycles. The Morgan fingerprint density at radius 3 is 2.60 bits per heavy atom. The van der Waals surface area contributed by atoms with Crippen molar-refractivity contribution in [3.05, 3.63) is 0 Å². The number of rotatable bonds is 1. The van der Waals surface area contributed by atoms with E-state index in [9.17, 15) is 4.79 Å². The van der Waals surface area contributed by atoms with E-state index in [-0.39, 0.29) is 5.92 Å². The van der Waals surface area contributed by atoms with Crippen LogP contribution in [0.1, 0.15) is 25.7 Å². The summed E-state index contributed by atoms with van der Waals surface area (Å²) in [7, 11) is 0. The maximum absolute atomic E-state index is 10.5. The van der Waals surface area contributed by atoms with Crippen LogP contribution in [-0.4, -0.2) is 15.0 Å². The molecule has 1 saturated carbocycles. The first kappa shape index (κ1) is 8.30. The Balaban J connectivity index is 2.39. The van der Waals surface area contributed by atoms with Gasteiger partial charge in [-0.05, 0) is 19.3 Å². The summed E-state index contributed by atoms with van der Waals surface area (Å²) < 4.78 is 0.590. The van der Waals surface area contributed by atoms with Crippen LogP contribution in [0.15, 0.2) is 0 Å². The van der Waals surface area contributed by atoms with E-state index >= 15 is 0 Å². The lowest BCUT2D eigenvalue weighted by molar-refractivity contribution is -0.142. The summed E-state index contributed by atoms with van der Waals surface area (Å²) in [6.07, 6.45) is 4.04. The number of hydrogen-bond donors (Lipinski definition) is 1. The van der Waals surface area contributed by atoms with Crippen molar-refractivity contribution in [3.8, 4) is 0 Å². The Morgan fingerprint density at radius 2 is 2.20 bits per heavy atom. The van der Waals surface area contributed by atoms with Gasteiger partial charge >= 0.3 is 5.97 Å². The third-order valence-corrected chi connectivity index (χ3v) is 3.09. The van der Waals surface area contributed by atoms with Gasteiger partial charge in [0.25, 0.3) is 0 Å². The molecule has 0 amide bonds. The van der Waals surface area contributed by atoms with E-state index in [1.54, 1.807) is 0 Å². The molecule has 2 unspecified atom stereocenters. The van der Waals surface area contributed by atoms with Gasteiger partial charge in [-0.1, -0.05) is 29.0 Å². The second-order valence-electron chi connectivity index (χ2n) is 2.80. The molecule has 2 atom stereocenters. The van der Waals surface area contributed by atoms with E-state index in [0.717, 1.165) is 19.3 Å². The van der Waals surface area contributed by atoms with Crippen LogP contribution in [-0.2, 0) is 4.79 Å². The molecule has 0 bridgehead atoms. The van der Waals surface area contributed by atoms with E-state index in [1.165, 1.54) is 6.42 Å². The van der Waals surface area contributed by atoms with Crippen molar-refractivity contribution >= 4 is 28.6 Å². The predicted octanol–water partition coefficient (Wildman–Crippen LogP) is 2.06. The smallest absolute Gasteiger partial charge is 0.306 e. The Hall–Kier alpha value is 0.200. The van der Waals surface area contributed by atoms with Gasteiger partial charge < -0.3 is 5.11 Å². The molecule has 0 radical (unpaired) electrons. The average Bonchev–Trinajstić information content (AvgIpc) is 1.88. The second-order valence-corrected chi connectivity index (χ2v) is 4.56. The van der Waals surface area contributed by atoms with Crippen molar-refractivity contribution < 1.29 is 9.90 Å². The lowest BCUT2D eigenvalue weighted by Gasteiger charge is -2.21. The lowest BCUT2D eigenvalue weighted by atomic mass is 9.89. The number of carboxylic acids is 1. The number of halogens is 1. The fraction of sp³-hybridized carbons (Fsp3) is 0.857. The molecule has 0 aromatic carbocycles. The monoisotopic (exact) mass is 254 g/mol. The highest BCUT2D eigenvalue weighted by molar-refractivity contribution is 14.1. The van der Waals surface area contributed by atoms with Crippen LogP contribution in [0.5, 0.6) is 0 Å². The van der Waals surface area contributed by atoms with E-state index in [1.807, 2.05) is 0 Å². The summed E-state index contributed by atoms with van der Waals surface area (Å²) in [5.74, 6) is -0.669. The van der Waals surface area contributed by atoms with Crippen molar-refractivity contribution in [2.24, 2.45) is 5.92 Å². The minimum Gasteiger partial charge on any atom is -0.481 e. The van der Waals surface area contributed by atoms with Crippen LogP contribution in [0.25, 0.3) is 0 Å². The molecular formula is C7H11IO2. The second kappa shape index (κ2) is 3.55. The summed E-state index contributed by atoms with van der Waals surface area (Å²) in [6.45, 7) is 0. The fourth-order valence-corrected chi connectivity index (χ4v) is 2.41. The molecule has 0 aliphatic heterocycles. The van der Waals surface area contributed by atoms with Crippen LogP contribution in [0.3, 0.4) is 0 Å². The predicted molar refractivity (Wildman–Crippen MR) is 47.4 cm³/mol. The highest BCUT2D eigenvalue weighted by Gasteiger charge is 2.24. The summed E-state index contributed by atoms with van der Waals surface area (Å²) in [6, 6.07) is 0. The van der Waals surface area contributed by atoms with Gasteiger partial charge in [-0.2, -0.15) is 0 Å². The Labute approximate surface area is 74.1 Å². The Kier molecular flexibility index (Phi) is 2.95. The number of aliphatic carboxylic acids is 1. The first-order valence-electron chi connectivity index (χ1n) is 3.57. The third kappa shape index (κ3) is 2.11. The molecule has 0 aromatic rings. The van der Waals surface area contributed by atoms with Gasteiger partial charge in [-0.25, -0.2) is 0 Å². The van der Waals surface area contributed by atoms with E-state index in [0.29, 0.717) is 3.92 Å². The molecule has 3 heteroatoms. The summed E-state index contributed by atoms with van der Waals surface area (Å²) in [5, 5.41) is 8.65. The lowest BCUT2D eigenvalue weighted by Crippen LogP contribution is -2.22. The molecule has 0 spiro atoms. The first-order chi connectivity index (χ1) is 4.70. The van der Waals surface area contributed by atoms with E-state index in [2.05, 4.69) is 22.6 Å². The van der Waals surface area contributed by atoms with Crippen molar-refractivity contribution in [3.63, 3.8) is 0 Å². The summed E-state index contributed by atoms with van der Waals surface area (Å²) >= 11 is 2.34.